The number of amides is 1. The molecular weight excluding hydrogens is 248 g/mol. The highest BCUT2D eigenvalue weighted by atomic mass is 35.5. The molecule has 16 heavy (non-hydrogen) atoms. The van der Waals surface area contributed by atoms with Crippen LogP contribution in [-0.4, -0.2) is 20.9 Å². The van der Waals surface area contributed by atoms with Crippen molar-refractivity contribution in [3.63, 3.8) is 0 Å². The lowest BCUT2D eigenvalue weighted by atomic mass is 10.4. The van der Waals surface area contributed by atoms with E-state index in [0.29, 0.717) is 6.54 Å². The van der Waals surface area contributed by atoms with Crippen LogP contribution in [0.3, 0.4) is 0 Å². The molecule has 2 aromatic rings. The van der Waals surface area contributed by atoms with Gasteiger partial charge in [0, 0.05) is 5.38 Å². The summed E-state index contributed by atoms with van der Waals surface area (Å²) in [6, 6.07) is 0. The lowest BCUT2D eigenvalue weighted by Crippen LogP contribution is -2.24. The monoisotopic (exact) mass is 254 g/mol. The van der Waals surface area contributed by atoms with Gasteiger partial charge in [0.15, 0.2) is 0 Å². The van der Waals surface area contributed by atoms with Crippen LogP contribution in [0.2, 0.25) is 5.15 Å². The number of carbonyl (C=O) groups excluding carboxylic acids is 1. The first-order valence-corrected chi connectivity index (χ1v) is 5.70. The zero-order chi connectivity index (χ0) is 11.4. The van der Waals surface area contributed by atoms with E-state index in [1.165, 1.54) is 23.7 Å². The zero-order valence-corrected chi connectivity index (χ0v) is 9.63. The van der Waals surface area contributed by atoms with Crippen molar-refractivity contribution in [3.05, 3.63) is 39.8 Å². The molecule has 0 unspecified atom stereocenters. The van der Waals surface area contributed by atoms with Crippen molar-refractivity contribution >= 4 is 28.8 Å². The van der Waals surface area contributed by atoms with Crippen LogP contribution in [0.25, 0.3) is 0 Å². The molecule has 0 saturated heterocycles. The Morgan fingerprint density at radius 3 is 2.88 bits per heavy atom. The van der Waals surface area contributed by atoms with Crippen LogP contribution in [0.15, 0.2) is 23.3 Å². The molecule has 1 amide bonds. The summed E-state index contributed by atoms with van der Waals surface area (Å²) in [5.41, 5.74) is 2.77. The van der Waals surface area contributed by atoms with Gasteiger partial charge in [0.05, 0.1) is 30.1 Å². The minimum Gasteiger partial charge on any atom is -0.345 e. The number of carbonyl (C=O) groups is 1. The number of hydrogen-bond acceptors (Lipinski definition) is 5. The van der Waals surface area contributed by atoms with Gasteiger partial charge in [0.1, 0.15) is 10.8 Å². The molecule has 1 N–H and O–H groups in total. The van der Waals surface area contributed by atoms with Gasteiger partial charge in [-0.2, -0.15) is 0 Å². The summed E-state index contributed by atoms with van der Waals surface area (Å²) in [6.07, 6.45) is 2.66. The molecule has 0 aliphatic heterocycles. The Hall–Kier alpha value is -1.53. The number of nitrogens with zero attached hydrogens (tertiary/aromatic N) is 3. The second-order valence-electron chi connectivity index (χ2n) is 2.89. The minimum atomic E-state index is -0.294. The van der Waals surface area contributed by atoms with E-state index in [1.807, 2.05) is 5.38 Å². The van der Waals surface area contributed by atoms with Crippen LogP contribution in [0.5, 0.6) is 0 Å². The van der Waals surface area contributed by atoms with E-state index in [0.717, 1.165) is 5.69 Å². The smallest absolute Gasteiger partial charge is 0.271 e. The van der Waals surface area contributed by atoms with E-state index in [2.05, 4.69) is 20.3 Å². The molecule has 0 aliphatic rings. The van der Waals surface area contributed by atoms with Crippen molar-refractivity contribution in [1.29, 1.82) is 0 Å². The van der Waals surface area contributed by atoms with Gasteiger partial charge in [-0.1, -0.05) is 11.6 Å². The molecule has 0 atom stereocenters. The standard InChI is InChI=1S/C9H7ClN4OS/c10-8-3-11-7(2-12-8)9(15)13-1-6-4-16-5-14-6/h2-5H,1H2,(H,13,15). The van der Waals surface area contributed by atoms with Gasteiger partial charge in [-0.3, -0.25) is 4.79 Å². The molecule has 0 radical (unpaired) electrons. The van der Waals surface area contributed by atoms with Crippen LogP contribution < -0.4 is 5.32 Å². The Labute approximate surface area is 101 Å². The first-order chi connectivity index (χ1) is 7.75. The van der Waals surface area contributed by atoms with Gasteiger partial charge < -0.3 is 5.32 Å². The first kappa shape index (κ1) is 11.0. The second kappa shape index (κ2) is 5.00. The third-order valence-electron chi connectivity index (χ3n) is 1.77. The van der Waals surface area contributed by atoms with Crippen LogP contribution in [0.4, 0.5) is 0 Å². The molecule has 7 heteroatoms. The Morgan fingerprint density at radius 1 is 1.38 bits per heavy atom. The zero-order valence-electron chi connectivity index (χ0n) is 8.05. The number of aromatic nitrogens is 3. The number of hydrogen-bond donors (Lipinski definition) is 1. The Morgan fingerprint density at radius 2 is 2.25 bits per heavy atom. The van der Waals surface area contributed by atoms with Gasteiger partial charge in [0.2, 0.25) is 0 Å². The highest BCUT2D eigenvalue weighted by Gasteiger charge is 2.07. The normalized spacial score (nSPS) is 10.1. The molecule has 0 bridgehead atoms. The van der Waals surface area contributed by atoms with Crippen LogP contribution >= 0.6 is 22.9 Å². The number of nitrogens with one attached hydrogen (secondary N) is 1. The maximum absolute atomic E-state index is 11.6. The van der Waals surface area contributed by atoms with Crippen molar-refractivity contribution in [2.24, 2.45) is 0 Å². The van der Waals surface area contributed by atoms with Crippen molar-refractivity contribution in [2.45, 2.75) is 6.54 Å². The molecule has 0 spiro atoms. The second-order valence-corrected chi connectivity index (χ2v) is 3.99. The summed E-state index contributed by atoms with van der Waals surface area (Å²) in [7, 11) is 0. The molecular formula is C9H7ClN4OS. The van der Waals surface area contributed by atoms with E-state index in [-0.39, 0.29) is 16.8 Å². The molecule has 2 rings (SSSR count). The third-order valence-corrected chi connectivity index (χ3v) is 2.60. The van der Waals surface area contributed by atoms with Gasteiger partial charge in [-0.25, -0.2) is 15.0 Å². The van der Waals surface area contributed by atoms with Crippen molar-refractivity contribution in [3.8, 4) is 0 Å². The summed E-state index contributed by atoms with van der Waals surface area (Å²) in [5.74, 6) is -0.294. The maximum Gasteiger partial charge on any atom is 0.271 e. The Bertz CT molecular complexity index is 471. The highest BCUT2D eigenvalue weighted by Crippen LogP contribution is 2.03. The lowest BCUT2D eigenvalue weighted by molar-refractivity contribution is 0.0945. The number of rotatable bonds is 3. The maximum atomic E-state index is 11.6. The largest absolute Gasteiger partial charge is 0.345 e. The molecule has 0 aromatic carbocycles. The van der Waals surface area contributed by atoms with Crippen LogP contribution in [0, 0.1) is 0 Å². The van der Waals surface area contributed by atoms with Crippen molar-refractivity contribution in [2.75, 3.05) is 0 Å². The third kappa shape index (κ3) is 2.74. The first-order valence-electron chi connectivity index (χ1n) is 4.38. The predicted molar refractivity (Wildman–Crippen MR) is 60.3 cm³/mol. The average Bonchev–Trinajstić information content (AvgIpc) is 2.80. The molecule has 82 valence electrons. The summed E-state index contributed by atoms with van der Waals surface area (Å²) in [5, 5.41) is 4.81. The fraction of sp³-hybridized carbons (Fsp3) is 0.111. The summed E-state index contributed by atoms with van der Waals surface area (Å²) >= 11 is 7.04. The van der Waals surface area contributed by atoms with Gasteiger partial charge >= 0.3 is 0 Å². The SMILES string of the molecule is O=C(NCc1cscn1)c1cnc(Cl)cn1. The van der Waals surface area contributed by atoms with E-state index >= 15 is 0 Å². The molecule has 2 aromatic heterocycles. The molecule has 0 fully saturated rings. The summed E-state index contributed by atoms with van der Waals surface area (Å²) < 4.78 is 0. The topological polar surface area (TPSA) is 67.8 Å². The van der Waals surface area contributed by atoms with Gasteiger partial charge in [-0.15, -0.1) is 11.3 Å². The van der Waals surface area contributed by atoms with Crippen molar-refractivity contribution < 1.29 is 4.79 Å². The van der Waals surface area contributed by atoms with E-state index < -0.39 is 0 Å². The Balaban J connectivity index is 1.95. The minimum absolute atomic E-state index is 0.236. The summed E-state index contributed by atoms with van der Waals surface area (Å²) in [6.45, 7) is 0.382. The van der Waals surface area contributed by atoms with Gasteiger partial charge in [-0.05, 0) is 0 Å². The van der Waals surface area contributed by atoms with Gasteiger partial charge in [0.25, 0.3) is 5.91 Å². The fourth-order valence-electron chi connectivity index (χ4n) is 1.02. The summed E-state index contributed by atoms with van der Waals surface area (Å²) in [4.78, 5) is 23.2. The quantitative estimate of drug-likeness (QED) is 0.902. The van der Waals surface area contributed by atoms with E-state index in [4.69, 9.17) is 11.6 Å². The molecule has 0 saturated carbocycles. The highest BCUT2D eigenvalue weighted by molar-refractivity contribution is 7.07. The van der Waals surface area contributed by atoms with Crippen LogP contribution in [-0.2, 0) is 6.54 Å². The van der Waals surface area contributed by atoms with Crippen LogP contribution in [0.1, 0.15) is 16.2 Å². The van der Waals surface area contributed by atoms with Crippen molar-refractivity contribution in [1.82, 2.24) is 20.3 Å². The molecule has 0 aliphatic carbocycles. The number of thiazole rings is 1. The molecule has 2 heterocycles. The molecule has 5 nitrogen and oxygen atoms in total. The fourth-order valence-corrected chi connectivity index (χ4v) is 1.67. The van der Waals surface area contributed by atoms with E-state index in [9.17, 15) is 4.79 Å². The average molecular weight is 255 g/mol. The van der Waals surface area contributed by atoms with E-state index in [1.54, 1.807) is 5.51 Å². The number of halogens is 1. The Kier molecular flexibility index (Phi) is 3.43. The predicted octanol–water partition coefficient (Wildman–Crippen LogP) is 1.52. The lowest BCUT2D eigenvalue weighted by Gasteiger charge is -2.01.